The summed E-state index contributed by atoms with van der Waals surface area (Å²) in [5, 5.41) is 0. The molecule has 0 N–H and O–H groups in total. The van der Waals surface area contributed by atoms with Gasteiger partial charge >= 0.3 is 0 Å². The summed E-state index contributed by atoms with van der Waals surface area (Å²) in [6.45, 7) is 5.50. The van der Waals surface area contributed by atoms with E-state index in [9.17, 15) is 4.79 Å². The predicted molar refractivity (Wildman–Crippen MR) is 94.7 cm³/mol. The second kappa shape index (κ2) is 6.64. The predicted octanol–water partition coefficient (Wildman–Crippen LogP) is 3.14. The summed E-state index contributed by atoms with van der Waals surface area (Å²) in [5.41, 5.74) is 2.02. The second-order valence-electron chi connectivity index (χ2n) is 7.33. The van der Waals surface area contributed by atoms with E-state index < -0.39 is 0 Å². The van der Waals surface area contributed by atoms with Crippen LogP contribution < -0.4 is 0 Å². The lowest BCUT2D eigenvalue weighted by atomic mass is 9.84. The van der Waals surface area contributed by atoms with Crippen LogP contribution in [0.25, 0.3) is 0 Å². The molecule has 5 heteroatoms. The number of likely N-dealkylation sites (tertiary alicyclic amines) is 2. The van der Waals surface area contributed by atoms with Crippen molar-refractivity contribution in [2.45, 2.75) is 51.2 Å². The molecule has 0 aliphatic carbocycles. The molecule has 0 radical (unpaired) electrons. The number of carbonyl (C=O) groups excluding carboxylic acids is 1. The molecule has 2 aliphatic heterocycles. The molecule has 0 unspecified atom stereocenters. The van der Waals surface area contributed by atoms with E-state index >= 15 is 0 Å². The van der Waals surface area contributed by atoms with Crippen LogP contribution in [0.15, 0.2) is 41.0 Å². The van der Waals surface area contributed by atoms with Crippen LogP contribution in [-0.2, 0) is 17.9 Å². The zero-order chi connectivity index (χ0) is 17.3. The molecule has 2 aromatic heterocycles. The molecular formula is C20H25N3O2. The molecule has 0 bridgehead atoms. The van der Waals surface area contributed by atoms with E-state index in [0.29, 0.717) is 13.0 Å². The Morgan fingerprint density at radius 1 is 1.12 bits per heavy atom. The van der Waals surface area contributed by atoms with Gasteiger partial charge in [0.15, 0.2) is 0 Å². The summed E-state index contributed by atoms with van der Waals surface area (Å²) in [6, 6.07) is 10.0. The van der Waals surface area contributed by atoms with Gasteiger partial charge in [-0.15, -0.1) is 0 Å². The molecule has 132 valence electrons. The Morgan fingerprint density at radius 2 is 1.96 bits per heavy atom. The van der Waals surface area contributed by atoms with Crippen molar-refractivity contribution in [2.24, 2.45) is 0 Å². The number of aromatic nitrogens is 1. The van der Waals surface area contributed by atoms with Crippen molar-refractivity contribution in [1.82, 2.24) is 14.8 Å². The molecule has 4 heterocycles. The van der Waals surface area contributed by atoms with Gasteiger partial charge in [-0.2, -0.15) is 0 Å². The Morgan fingerprint density at radius 3 is 2.68 bits per heavy atom. The van der Waals surface area contributed by atoms with Gasteiger partial charge in [-0.1, -0.05) is 6.07 Å². The van der Waals surface area contributed by atoms with Crippen LogP contribution in [0.5, 0.6) is 0 Å². The zero-order valence-electron chi connectivity index (χ0n) is 14.8. The van der Waals surface area contributed by atoms with Crippen molar-refractivity contribution < 1.29 is 9.21 Å². The molecule has 4 rings (SSSR count). The summed E-state index contributed by atoms with van der Waals surface area (Å²) in [4.78, 5) is 21.7. The standard InChI is InChI=1S/C20H25N3O2/c1-16-4-2-5-17(21-16)14-23-19(24)7-8-20(23)9-11-22(12-10-20)15-18-6-3-13-25-18/h2-6,13H,7-12,14-15H2,1H3. The Bertz CT molecular complexity index is 733. The van der Waals surface area contributed by atoms with Crippen molar-refractivity contribution >= 4 is 5.91 Å². The van der Waals surface area contributed by atoms with Gasteiger partial charge in [-0.05, 0) is 50.5 Å². The molecule has 1 spiro atoms. The molecule has 2 aliphatic rings. The maximum atomic E-state index is 12.5. The van der Waals surface area contributed by atoms with Gasteiger partial charge < -0.3 is 9.32 Å². The Labute approximate surface area is 148 Å². The molecule has 25 heavy (non-hydrogen) atoms. The second-order valence-corrected chi connectivity index (χ2v) is 7.33. The Hall–Kier alpha value is -2.14. The van der Waals surface area contributed by atoms with E-state index in [4.69, 9.17) is 4.42 Å². The molecule has 5 nitrogen and oxygen atoms in total. The number of furan rings is 1. The van der Waals surface area contributed by atoms with E-state index in [1.54, 1.807) is 6.26 Å². The van der Waals surface area contributed by atoms with E-state index in [2.05, 4.69) is 14.8 Å². The van der Waals surface area contributed by atoms with Gasteiger partial charge in [-0.3, -0.25) is 14.7 Å². The van der Waals surface area contributed by atoms with E-state index in [1.165, 1.54) is 0 Å². The number of pyridine rings is 1. The van der Waals surface area contributed by atoms with Gasteiger partial charge in [0.1, 0.15) is 5.76 Å². The fraction of sp³-hybridized carbons (Fsp3) is 0.500. The van der Waals surface area contributed by atoms with Crippen LogP contribution in [0.1, 0.15) is 42.8 Å². The number of hydrogen-bond donors (Lipinski definition) is 0. The number of aryl methyl sites for hydroxylation is 1. The average Bonchev–Trinajstić information content (AvgIpc) is 3.21. The minimum atomic E-state index is 0.0160. The van der Waals surface area contributed by atoms with Crippen LogP contribution >= 0.6 is 0 Å². The topological polar surface area (TPSA) is 49.6 Å². The normalized spacial score (nSPS) is 20.5. The van der Waals surface area contributed by atoms with Crippen LogP contribution in [0.4, 0.5) is 0 Å². The monoisotopic (exact) mass is 339 g/mol. The summed E-state index contributed by atoms with van der Waals surface area (Å²) in [7, 11) is 0. The number of hydrogen-bond acceptors (Lipinski definition) is 4. The minimum absolute atomic E-state index is 0.0160. The maximum absolute atomic E-state index is 12.5. The highest BCUT2D eigenvalue weighted by Crippen LogP contribution is 2.40. The first-order valence-corrected chi connectivity index (χ1v) is 9.12. The summed E-state index contributed by atoms with van der Waals surface area (Å²) in [5.74, 6) is 1.29. The molecule has 0 saturated carbocycles. The molecule has 2 fully saturated rings. The summed E-state index contributed by atoms with van der Waals surface area (Å²) in [6.07, 6.45) is 5.44. The highest BCUT2D eigenvalue weighted by atomic mass is 16.3. The fourth-order valence-electron chi connectivity index (χ4n) is 4.25. The van der Waals surface area contributed by atoms with Gasteiger partial charge in [0, 0.05) is 30.7 Å². The van der Waals surface area contributed by atoms with E-state index in [-0.39, 0.29) is 11.4 Å². The smallest absolute Gasteiger partial charge is 0.223 e. The molecule has 1 amide bonds. The number of amides is 1. The highest BCUT2D eigenvalue weighted by Gasteiger charge is 2.46. The third-order valence-electron chi connectivity index (χ3n) is 5.69. The first-order chi connectivity index (χ1) is 12.1. The molecular weight excluding hydrogens is 314 g/mol. The van der Waals surface area contributed by atoms with Gasteiger partial charge in [0.25, 0.3) is 0 Å². The third kappa shape index (κ3) is 3.33. The van der Waals surface area contributed by atoms with Gasteiger partial charge in [-0.25, -0.2) is 0 Å². The minimum Gasteiger partial charge on any atom is -0.468 e. The highest BCUT2D eigenvalue weighted by molar-refractivity contribution is 5.79. The molecule has 2 aromatic rings. The number of piperidine rings is 1. The number of carbonyl (C=O) groups is 1. The van der Waals surface area contributed by atoms with Gasteiger partial charge in [0.2, 0.25) is 5.91 Å². The van der Waals surface area contributed by atoms with Crippen LogP contribution in [-0.4, -0.2) is 39.3 Å². The molecule has 2 saturated heterocycles. The van der Waals surface area contributed by atoms with Crippen molar-refractivity contribution in [1.29, 1.82) is 0 Å². The quantitative estimate of drug-likeness (QED) is 0.859. The first kappa shape index (κ1) is 16.3. The fourth-order valence-corrected chi connectivity index (χ4v) is 4.25. The van der Waals surface area contributed by atoms with Crippen molar-refractivity contribution in [3.63, 3.8) is 0 Å². The maximum Gasteiger partial charge on any atom is 0.223 e. The van der Waals surface area contributed by atoms with Crippen molar-refractivity contribution in [3.8, 4) is 0 Å². The van der Waals surface area contributed by atoms with Crippen LogP contribution in [0.2, 0.25) is 0 Å². The van der Waals surface area contributed by atoms with Gasteiger partial charge in [0.05, 0.1) is 25.0 Å². The lowest BCUT2D eigenvalue weighted by molar-refractivity contribution is -0.133. The van der Waals surface area contributed by atoms with Crippen molar-refractivity contribution in [3.05, 3.63) is 53.7 Å². The lowest BCUT2D eigenvalue weighted by Gasteiger charge is -2.44. The van der Waals surface area contributed by atoms with E-state index in [0.717, 1.165) is 56.0 Å². The largest absolute Gasteiger partial charge is 0.468 e. The zero-order valence-corrected chi connectivity index (χ0v) is 14.8. The summed E-state index contributed by atoms with van der Waals surface area (Å²) >= 11 is 0. The average molecular weight is 339 g/mol. The third-order valence-corrected chi connectivity index (χ3v) is 5.69. The van der Waals surface area contributed by atoms with Crippen molar-refractivity contribution in [2.75, 3.05) is 13.1 Å². The molecule has 0 atom stereocenters. The lowest BCUT2D eigenvalue weighted by Crippen LogP contribution is -2.52. The number of nitrogens with zero attached hydrogens (tertiary/aromatic N) is 3. The van der Waals surface area contributed by atoms with E-state index in [1.807, 2.05) is 37.3 Å². The SMILES string of the molecule is Cc1cccc(CN2C(=O)CCC23CCN(Cc2ccco2)CC3)n1. The van der Waals surface area contributed by atoms with Crippen LogP contribution in [0, 0.1) is 6.92 Å². The summed E-state index contributed by atoms with van der Waals surface area (Å²) < 4.78 is 5.47. The Kier molecular flexibility index (Phi) is 4.34. The first-order valence-electron chi connectivity index (χ1n) is 9.12. The van der Waals surface area contributed by atoms with Crippen LogP contribution in [0.3, 0.4) is 0 Å². The Balaban J connectivity index is 1.44. The molecule has 0 aromatic carbocycles. The number of rotatable bonds is 4.